The van der Waals surface area contributed by atoms with Crippen LogP contribution in [0.2, 0.25) is 0 Å². The zero-order valence-corrected chi connectivity index (χ0v) is 15.8. The Hall–Kier alpha value is -2.28. The van der Waals surface area contributed by atoms with E-state index in [1.165, 1.54) is 0 Å². The molecule has 2 heterocycles. The van der Waals surface area contributed by atoms with E-state index in [0.717, 1.165) is 0 Å². The van der Waals surface area contributed by atoms with Crippen molar-refractivity contribution in [3.8, 4) is 11.5 Å². The standard InChI is InChI=1S/C16H15F7N4O2.ClH/c17-8-5-7(13-26-27-14(28)29-13)6-9(10(8)16(21,22)23)25-11(12(18)19)15(20)1-3-24-4-2-15;/h5-6,11-12,24-25H,1-4H2,(H,27,28);1H. The molecule has 1 aliphatic heterocycles. The second kappa shape index (κ2) is 8.84. The zero-order valence-electron chi connectivity index (χ0n) is 15.0. The molecular formula is C16H16ClF7N4O2. The number of hydrogen-bond donors (Lipinski definition) is 3. The molecule has 1 fully saturated rings. The summed E-state index contributed by atoms with van der Waals surface area (Å²) in [4.78, 5) is 11.0. The molecule has 1 atom stereocenters. The lowest BCUT2D eigenvalue weighted by atomic mass is 9.86. The van der Waals surface area contributed by atoms with Crippen molar-refractivity contribution < 1.29 is 35.2 Å². The highest BCUT2D eigenvalue weighted by Crippen LogP contribution is 2.41. The van der Waals surface area contributed by atoms with Crippen LogP contribution in [0, 0.1) is 5.82 Å². The minimum absolute atomic E-state index is 0. The summed E-state index contributed by atoms with van der Waals surface area (Å²) >= 11 is 0. The highest BCUT2D eigenvalue weighted by molar-refractivity contribution is 5.85. The van der Waals surface area contributed by atoms with E-state index in [0.29, 0.717) is 12.1 Å². The summed E-state index contributed by atoms with van der Waals surface area (Å²) < 4.78 is 101. The van der Waals surface area contributed by atoms with Gasteiger partial charge in [0.25, 0.3) is 6.43 Å². The number of hydrogen-bond acceptors (Lipinski definition) is 5. The fourth-order valence-corrected chi connectivity index (χ4v) is 3.22. The lowest BCUT2D eigenvalue weighted by Crippen LogP contribution is -2.53. The highest BCUT2D eigenvalue weighted by Gasteiger charge is 2.47. The first-order valence-electron chi connectivity index (χ1n) is 8.42. The Kier molecular flexibility index (Phi) is 7.07. The number of alkyl halides is 6. The average molecular weight is 465 g/mol. The molecule has 6 nitrogen and oxygen atoms in total. The Morgan fingerprint density at radius 1 is 1.20 bits per heavy atom. The largest absolute Gasteiger partial charge is 0.434 e. The van der Waals surface area contributed by atoms with E-state index in [1.807, 2.05) is 10.4 Å². The van der Waals surface area contributed by atoms with Crippen LogP contribution < -0.4 is 16.4 Å². The van der Waals surface area contributed by atoms with Crippen molar-refractivity contribution in [3.05, 3.63) is 34.1 Å². The molecule has 0 bridgehead atoms. The molecule has 3 rings (SSSR count). The Bertz CT molecular complexity index is 925. The van der Waals surface area contributed by atoms with Crippen LogP contribution in [0.1, 0.15) is 18.4 Å². The summed E-state index contributed by atoms with van der Waals surface area (Å²) in [5, 5.41) is 9.83. The Morgan fingerprint density at radius 3 is 2.33 bits per heavy atom. The third kappa shape index (κ3) is 4.89. The molecule has 1 unspecified atom stereocenters. The van der Waals surface area contributed by atoms with Crippen molar-refractivity contribution in [3.63, 3.8) is 0 Å². The van der Waals surface area contributed by atoms with Crippen LogP contribution >= 0.6 is 12.4 Å². The fraction of sp³-hybridized carbons (Fsp3) is 0.500. The second-order valence-corrected chi connectivity index (χ2v) is 6.54. The number of nitrogens with zero attached hydrogens (tertiary/aromatic N) is 1. The molecule has 168 valence electrons. The third-order valence-electron chi connectivity index (χ3n) is 4.61. The van der Waals surface area contributed by atoms with Gasteiger partial charge in [0.05, 0.1) is 5.69 Å². The summed E-state index contributed by atoms with van der Waals surface area (Å²) in [5.41, 5.74) is -5.93. The Morgan fingerprint density at radius 2 is 1.83 bits per heavy atom. The number of piperidine rings is 1. The van der Waals surface area contributed by atoms with E-state index in [-0.39, 0.29) is 38.3 Å². The maximum Gasteiger partial charge on any atom is 0.434 e. The molecule has 1 aromatic carbocycles. The van der Waals surface area contributed by atoms with Gasteiger partial charge < -0.3 is 15.1 Å². The topological polar surface area (TPSA) is 83.0 Å². The maximum absolute atomic E-state index is 15.1. The molecule has 3 N–H and O–H groups in total. The van der Waals surface area contributed by atoms with E-state index >= 15 is 4.39 Å². The number of rotatable bonds is 5. The number of aromatic nitrogens is 2. The van der Waals surface area contributed by atoms with Crippen LogP contribution in [0.4, 0.5) is 36.4 Å². The molecule has 0 aliphatic carbocycles. The van der Waals surface area contributed by atoms with Crippen LogP contribution in [0.3, 0.4) is 0 Å². The summed E-state index contributed by atoms with van der Waals surface area (Å²) in [7, 11) is 0. The van der Waals surface area contributed by atoms with Crippen LogP contribution in [-0.4, -0.2) is 41.4 Å². The average Bonchev–Trinajstić information content (AvgIpc) is 3.04. The van der Waals surface area contributed by atoms with Crippen molar-refractivity contribution in [1.82, 2.24) is 15.5 Å². The molecule has 2 aromatic rings. The lowest BCUT2D eigenvalue weighted by molar-refractivity contribution is -0.139. The molecule has 30 heavy (non-hydrogen) atoms. The highest BCUT2D eigenvalue weighted by atomic mass is 35.5. The quantitative estimate of drug-likeness (QED) is 0.587. The molecule has 0 radical (unpaired) electrons. The zero-order chi connectivity index (χ0) is 21.4. The lowest BCUT2D eigenvalue weighted by Gasteiger charge is -2.38. The number of H-pyrrole nitrogens is 1. The first-order chi connectivity index (χ1) is 13.5. The van der Waals surface area contributed by atoms with E-state index in [9.17, 15) is 31.1 Å². The van der Waals surface area contributed by atoms with Crippen LogP contribution in [-0.2, 0) is 6.18 Å². The number of aromatic amines is 1. The third-order valence-corrected chi connectivity index (χ3v) is 4.61. The predicted octanol–water partition coefficient (Wildman–Crippen LogP) is 3.75. The van der Waals surface area contributed by atoms with Gasteiger partial charge in [-0.05, 0) is 38.1 Å². The van der Waals surface area contributed by atoms with Gasteiger partial charge in [-0.2, -0.15) is 13.2 Å². The molecular weight excluding hydrogens is 449 g/mol. The van der Waals surface area contributed by atoms with E-state index < -0.39 is 58.6 Å². The normalized spacial score (nSPS) is 17.5. The van der Waals surface area contributed by atoms with Crippen molar-refractivity contribution in [2.75, 3.05) is 18.4 Å². The molecule has 0 saturated carbocycles. The van der Waals surface area contributed by atoms with Gasteiger partial charge in [0, 0.05) is 5.56 Å². The maximum atomic E-state index is 15.1. The van der Waals surface area contributed by atoms with Crippen molar-refractivity contribution in [2.45, 2.75) is 37.2 Å². The molecule has 0 amide bonds. The predicted molar refractivity (Wildman–Crippen MR) is 94.1 cm³/mol. The van der Waals surface area contributed by atoms with Gasteiger partial charge in [-0.15, -0.1) is 17.5 Å². The monoisotopic (exact) mass is 464 g/mol. The van der Waals surface area contributed by atoms with Gasteiger partial charge in [0.15, 0.2) is 0 Å². The molecule has 1 saturated heterocycles. The van der Waals surface area contributed by atoms with Crippen LogP contribution in [0.15, 0.2) is 21.3 Å². The first-order valence-corrected chi connectivity index (χ1v) is 8.42. The number of halogens is 8. The van der Waals surface area contributed by atoms with Crippen molar-refractivity contribution >= 4 is 18.1 Å². The van der Waals surface area contributed by atoms with E-state index in [2.05, 4.69) is 14.8 Å². The SMILES string of the molecule is Cl.O=c1[nH]nc(-c2cc(F)c(C(F)(F)F)c(NC(C(F)F)C3(F)CCNCC3)c2)o1. The van der Waals surface area contributed by atoms with Gasteiger partial charge in [-0.25, -0.2) is 27.5 Å². The van der Waals surface area contributed by atoms with Gasteiger partial charge >= 0.3 is 11.9 Å². The van der Waals surface area contributed by atoms with E-state index in [1.54, 1.807) is 0 Å². The molecule has 1 aliphatic rings. The van der Waals surface area contributed by atoms with Crippen LogP contribution in [0.25, 0.3) is 11.5 Å². The molecule has 1 aromatic heterocycles. The van der Waals surface area contributed by atoms with Gasteiger partial charge in [-0.1, -0.05) is 0 Å². The van der Waals surface area contributed by atoms with Gasteiger partial charge in [-0.3, -0.25) is 0 Å². The summed E-state index contributed by atoms with van der Waals surface area (Å²) in [5.74, 6) is -3.44. The first kappa shape index (κ1) is 24.0. The van der Waals surface area contributed by atoms with Gasteiger partial charge in [0.2, 0.25) is 5.89 Å². The summed E-state index contributed by atoms with van der Waals surface area (Å²) in [6.45, 7) is 0.112. The second-order valence-electron chi connectivity index (χ2n) is 6.54. The van der Waals surface area contributed by atoms with Crippen LogP contribution in [0.5, 0.6) is 0 Å². The number of nitrogens with one attached hydrogen (secondary N) is 3. The molecule has 14 heteroatoms. The smallest absolute Gasteiger partial charge is 0.388 e. The fourth-order valence-electron chi connectivity index (χ4n) is 3.22. The minimum atomic E-state index is -5.26. The Labute approximate surface area is 170 Å². The minimum Gasteiger partial charge on any atom is -0.388 e. The van der Waals surface area contributed by atoms with Crippen molar-refractivity contribution in [2.24, 2.45) is 0 Å². The molecule has 0 spiro atoms. The summed E-state index contributed by atoms with van der Waals surface area (Å²) in [6.07, 6.45) is -9.38. The van der Waals surface area contributed by atoms with Gasteiger partial charge in [0.1, 0.15) is 23.1 Å². The number of benzene rings is 1. The van der Waals surface area contributed by atoms with E-state index in [4.69, 9.17) is 0 Å². The summed E-state index contributed by atoms with van der Waals surface area (Å²) in [6, 6.07) is -1.31. The van der Waals surface area contributed by atoms with Crippen molar-refractivity contribution in [1.29, 1.82) is 0 Å². The Balaban J connectivity index is 0.00000320. The number of anilines is 1.